The zero-order valence-corrected chi connectivity index (χ0v) is 11.1. The van der Waals surface area contributed by atoms with E-state index in [0.29, 0.717) is 11.6 Å². The molecule has 9 nitrogen and oxygen atoms in total. The molecule has 0 unspecified atom stereocenters. The molecule has 112 valence electrons. The Labute approximate surface area is 120 Å². The number of hydrogen-bond donors (Lipinski definition) is 5. The summed E-state index contributed by atoms with van der Waals surface area (Å²) in [7, 11) is 0. The van der Waals surface area contributed by atoms with Crippen LogP contribution in [0.15, 0.2) is 24.8 Å². The highest BCUT2D eigenvalue weighted by Crippen LogP contribution is 2.15. The van der Waals surface area contributed by atoms with E-state index in [1.807, 2.05) is 0 Å². The van der Waals surface area contributed by atoms with Crippen LogP contribution in [0.25, 0.3) is 0 Å². The molecule has 21 heavy (non-hydrogen) atoms. The number of carbonyl (C=O) groups is 2. The summed E-state index contributed by atoms with van der Waals surface area (Å²) in [5.41, 5.74) is 5.68. The van der Waals surface area contributed by atoms with Crippen LogP contribution < -0.4 is 11.1 Å². The highest BCUT2D eigenvalue weighted by atomic mass is 16.4. The molecule has 2 aromatic heterocycles. The van der Waals surface area contributed by atoms with Crippen molar-refractivity contribution < 1.29 is 14.7 Å². The number of aromatic nitrogens is 4. The Morgan fingerprint density at radius 1 is 1.24 bits per heavy atom. The lowest BCUT2D eigenvalue weighted by atomic mass is 10.1. The van der Waals surface area contributed by atoms with Crippen molar-refractivity contribution in [2.45, 2.75) is 24.9 Å². The van der Waals surface area contributed by atoms with Gasteiger partial charge in [0, 0.05) is 31.2 Å². The molecule has 0 spiro atoms. The third-order valence-electron chi connectivity index (χ3n) is 2.88. The fraction of sp³-hybridized carbons (Fsp3) is 0.333. The van der Waals surface area contributed by atoms with Gasteiger partial charge in [-0.3, -0.25) is 9.59 Å². The van der Waals surface area contributed by atoms with Crippen LogP contribution in [0.4, 0.5) is 0 Å². The number of carboxylic acids is 1. The Morgan fingerprint density at radius 3 is 2.24 bits per heavy atom. The predicted octanol–water partition coefficient (Wildman–Crippen LogP) is -0.469. The minimum Gasteiger partial charge on any atom is -0.481 e. The van der Waals surface area contributed by atoms with Crippen molar-refractivity contribution in [2.75, 3.05) is 0 Å². The van der Waals surface area contributed by atoms with Gasteiger partial charge < -0.3 is 26.1 Å². The lowest BCUT2D eigenvalue weighted by Gasteiger charge is -2.17. The first-order valence-electron chi connectivity index (χ1n) is 6.34. The highest BCUT2D eigenvalue weighted by molar-refractivity contribution is 5.82. The van der Waals surface area contributed by atoms with Crippen LogP contribution in [0.3, 0.4) is 0 Å². The molecule has 0 saturated heterocycles. The van der Waals surface area contributed by atoms with Crippen molar-refractivity contribution in [3.8, 4) is 0 Å². The fourth-order valence-corrected chi connectivity index (χ4v) is 1.80. The number of nitrogens with two attached hydrogens (primary N) is 1. The van der Waals surface area contributed by atoms with Gasteiger partial charge in [-0.2, -0.15) is 0 Å². The summed E-state index contributed by atoms with van der Waals surface area (Å²) in [4.78, 5) is 36.5. The van der Waals surface area contributed by atoms with Gasteiger partial charge in [0.2, 0.25) is 5.91 Å². The summed E-state index contributed by atoms with van der Waals surface area (Å²) < 4.78 is 0. The smallest absolute Gasteiger partial charge is 0.303 e. The highest BCUT2D eigenvalue weighted by Gasteiger charge is 2.24. The normalized spacial score (nSPS) is 12.3. The zero-order chi connectivity index (χ0) is 15.2. The van der Waals surface area contributed by atoms with E-state index in [9.17, 15) is 9.59 Å². The molecule has 2 aromatic rings. The van der Waals surface area contributed by atoms with Gasteiger partial charge in [0.05, 0.1) is 6.04 Å². The number of carboxylic acid groups (broad SMARTS) is 1. The second kappa shape index (κ2) is 6.66. The number of hydrogen-bond acceptors (Lipinski definition) is 5. The second-order valence-corrected chi connectivity index (χ2v) is 4.43. The van der Waals surface area contributed by atoms with Crippen molar-refractivity contribution in [3.63, 3.8) is 0 Å². The maximum absolute atomic E-state index is 12.0. The average Bonchev–Trinajstić information content (AvgIpc) is 3.14. The molecule has 0 fully saturated rings. The fourth-order valence-electron chi connectivity index (χ4n) is 1.80. The quantitative estimate of drug-likeness (QED) is 0.465. The minimum atomic E-state index is -0.994. The number of aromatic amines is 2. The maximum atomic E-state index is 12.0. The van der Waals surface area contributed by atoms with Crippen LogP contribution in [0.2, 0.25) is 0 Å². The second-order valence-electron chi connectivity index (χ2n) is 4.43. The van der Waals surface area contributed by atoms with Crippen LogP contribution >= 0.6 is 0 Å². The Kier molecular flexibility index (Phi) is 4.67. The third kappa shape index (κ3) is 3.89. The van der Waals surface area contributed by atoms with Gasteiger partial charge in [-0.1, -0.05) is 0 Å². The van der Waals surface area contributed by atoms with E-state index in [2.05, 4.69) is 25.3 Å². The van der Waals surface area contributed by atoms with E-state index >= 15 is 0 Å². The summed E-state index contributed by atoms with van der Waals surface area (Å²) in [6.07, 6.45) is 6.26. The number of nitrogens with zero attached hydrogens (tertiary/aromatic N) is 2. The Morgan fingerprint density at radius 2 is 1.81 bits per heavy atom. The van der Waals surface area contributed by atoms with Gasteiger partial charge in [0.25, 0.3) is 0 Å². The van der Waals surface area contributed by atoms with Gasteiger partial charge >= 0.3 is 5.97 Å². The van der Waals surface area contributed by atoms with Gasteiger partial charge in [-0.25, -0.2) is 9.97 Å². The first-order chi connectivity index (χ1) is 10.1. The number of carbonyl (C=O) groups excluding carboxylic acids is 1. The maximum Gasteiger partial charge on any atom is 0.303 e. The van der Waals surface area contributed by atoms with Gasteiger partial charge in [0.15, 0.2) is 0 Å². The van der Waals surface area contributed by atoms with E-state index in [1.165, 1.54) is 0 Å². The van der Waals surface area contributed by atoms with Crippen LogP contribution in [-0.2, 0) is 9.59 Å². The lowest BCUT2D eigenvalue weighted by molar-refractivity contribution is -0.137. The molecule has 0 aliphatic heterocycles. The third-order valence-corrected chi connectivity index (χ3v) is 2.88. The topological polar surface area (TPSA) is 150 Å². The Balaban J connectivity index is 2.06. The average molecular weight is 292 g/mol. The van der Waals surface area contributed by atoms with Crippen LogP contribution in [0.5, 0.6) is 0 Å². The Hall–Kier alpha value is -2.68. The number of rotatable bonds is 7. The van der Waals surface area contributed by atoms with E-state index in [1.54, 1.807) is 24.8 Å². The van der Waals surface area contributed by atoms with Gasteiger partial charge in [-0.15, -0.1) is 0 Å². The summed E-state index contributed by atoms with van der Waals surface area (Å²) in [5, 5.41) is 11.3. The summed E-state index contributed by atoms with van der Waals surface area (Å²) >= 11 is 0. The van der Waals surface area contributed by atoms with Crippen LogP contribution in [-0.4, -0.2) is 43.0 Å². The van der Waals surface area contributed by atoms with Crippen molar-refractivity contribution in [2.24, 2.45) is 5.73 Å². The molecular weight excluding hydrogens is 276 g/mol. The molecule has 0 saturated carbocycles. The molecule has 2 heterocycles. The van der Waals surface area contributed by atoms with E-state index in [0.717, 1.165) is 0 Å². The van der Waals surface area contributed by atoms with Crippen molar-refractivity contribution in [3.05, 3.63) is 36.4 Å². The number of imidazole rings is 2. The number of amides is 1. The largest absolute Gasteiger partial charge is 0.481 e. The van der Waals surface area contributed by atoms with E-state index in [4.69, 9.17) is 10.8 Å². The van der Waals surface area contributed by atoms with Gasteiger partial charge in [0.1, 0.15) is 17.7 Å². The summed E-state index contributed by atoms with van der Waals surface area (Å²) in [6, 6.07) is -1.51. The molecule has 6 N–H and O–H groups in total. The molecule has 0 aliphatic carbocycles. The molecule has 2 rings (SSSR count). The molecule has 1 amide bonds. The summed E-state index contributed by atoms with van der Waals surface area (Å²) in [5.74, 6) is -0.451. The number of nitrogens with one attached hydrogen (secondary N) is 3. The van der Waals surface area contributed by atoms with E-state index < -0.39 is 24.0 Å². The molecule has 1 atom stereocenters. The molecule has 0 aliphatic rings. The van der Waals surface area contributed by atoms with Crippen molar-refractivity contribution in [1.29, 1.82) is 0 Å². The van der Waals surface area contributed by atoms with Gasteiger partial charge in [-0.05, 0) is 6.42 Å². The molecular formula is C12H16N6O3. The summed E-state index contributed by atoms with van der Waals surface area (Å²) in [6.45, 7) is 0. The SMILES string of the molecule is N[C@@H](CCC(=O)O)C(=O)NC(c1ncc[nH]1)c1ncc[nH]1. The predicted molar refractivity (Wildman–Crippen MR) is 72.0 cm³/mol. The minimum absolute atomic E-state index is 0.0597. The molecule has 0 bridgehead atoms. The number of H-pyrrole nitrogens is 2. The van der Waals surface area contributed by atoms with E-state index in [-0.39, 0.29) is 12.8 Å². The lowest BCUT2D eigenvalue weighted by Crippen LogP contribution is -2.43. The number of aliphatic carboxylic acids is 1. The standard InChI is InChI=1S/C12H16N6O3/c13-7(1-2-8(19)20)12(21)18-9(10-14-3-4-15-10)11-16-5-6-17-11/h3-7,9H,1-2,13H2,(H,14,15)(H,16,17)(H,18,21)(H,19,20)/t7-/m0/s1. The molecule has 0 radical (unpaired) electrons. The molecule has 0 aromatic carbocycles. The first-order valence-corrected chi connectivity index (χ1v) is 6.34. The van der Waals surface area contributed by atoms with Crippen molar-refractivity contribution >= 4 is 11.9 Å². The van der Waals surface area contributed by atoms with Crippen molar-refractivity contribution in [1.82, 2.24) is 25.3 Å². The first kappa shape index (κ1) is 14.7. The monoisotopic (exact) mass is 292 g/mol. The zero-order valence-electron chi connectivity index (χ0n) is 11.1. The van der Waals surface area contributed by atoms with Crippen LogP contribution in [0, 0.1) is 0 Å². The molecule has 9 heteroatoms. The Bertz CT molecular complexity index is 546. The van der Waals surface area contributed by atoms with Crippen LogP contribution in [0.1, 0.15) is 30.5 Å².